The summed E-state index contributed by atoms with van der Waals surface area (Å²) in [7, 11) is 0. The van der Waals surface area contributed by atoms with E-state index in [1.54, 1.807) is 12.4 Å². The van der Waals surface area contributed by atoms with Crippen LogP contribution in [0.5, 0.6) is 0 Å². The van der Waals surface area contributed by atoms with Gasteiger partial charge in [0.15, 0.2) is 0 Å². The molecule has 110 valence electrons. The maximum absolute atomic E-state index is 13.1. The first-order valence-corrected chi connectivity index (χ1v) is 7.70. The smallest absolute Gasteiger partial charge is 0.225 e. The van der Waals surface area contributed by atoms with Crippen LogP contribution < -0.4 is 4.90 Å². The molecule has 0 atom stereocenters. The first-order chi connectivity index (χ1) is 10.2. The maximum atomic E-state index is 13.1. The zero-order valence-corrected chi connectivity index (χ0v) is 13.1. The van der Waals surface area contributed by atoms with Crippen LogP contribution >= 0.6 is 15.9 Å². The van der Waals surface area contributed by atoms with Gasteiger partial charge in [0, 0.05) is 49.6 Å². The predicted octanol–water partition coefficient (Wildman–Crippen LogP) is 2.70. The molecule has 3 rings (SSSR count). The third-order valence-electron chi connectivity index (χ3n) is 3.62. The number of anilines is 1. The quantitative estimate of drug-likeness (QED) is 0.851. The fourth-order valence-corrected chi connectivity index (χ4v) is 2.93. The Morgan fingerprint density at radius 2 is 1.81 bits per heavy atom. The van der Waals surface area contributed by atoms with E-state index in [4.69, 9.17) is 0 Å². The van der Waals surface area contributed by atoms with Gasteiger partial charge in [0.1, 0.15) is 5.82 Å². The Balaban J connectivity index is 1.59. The van der Waals surface area contributed by atoms with Crippen LogP contribution in [-0.2, 0) is 6.54 Å². The summed E-state index contributed by atoms with van der Waals surface area (Å²) in [5.74, 6) is 0.580. The second kappa shape index (κ2) is 6.49. The third kappa shape index (κ3) is 3.57. The molecule has 6 heteroatoms. The minimum atomic E-state index is -0.211. The first kappa shape index (κ1) is 14.4. The van der Waals surface area contributed by atoms with Crippen molar-refractivity contribution in [2.45, 2.75) is 6.54 Å². The number of benzene rings is 1. The summed E-state index contributed by atoms with van der Waals surface area (Å²) in [6, 6.07) is 6.69. The van der Waals surface area contributed by atoms with E-state index in [1.165, 1.54) is 12.1 Å². The lowest BCUT2D eigenvalue weighted by atomic mass is 10.2. The largest absolute Gasteiger partial charge is 0.338 e. The average molecular weight is 351 g/mol. The van der Waals surface area contributed by atoms with Crippen LogP contribution in [0.3, 0.4) is 0 Å². The molecule has 1 aliphatic rings. The molecule has 2 aromatic rings. The molecule has 0 spiro atoms. The molecule has 0 amide bonds. The van der Waals surface area contributed by atoms with Crippen LogP contribution in [0.15, 0.2) is 41.1 Å². The van der Waals surface area contributed by atoms with E-state index in [2.05, 4.69) is 35.7 Å². The number of aromatic nitrogens is 2. The topological polar surface area (TPSA) is 32.3 Å². The van der Waals surface area contributed by atoms with Crippen LogP contribution in [0.1, 0.15) is 5.56 Å². The lowest BCUT2D eigenvalue weighted by molar-refractivity contribution is 0.248. The third-order valence-corrected chi connectivity index (χ3v) is 4.35. The highest BCUT2D eigenvalue weighted by molar-refractivity contribution is 9.10. The molecule has 1 aromatic heterocycles. The van der Waals surface area contributed by atoms with E-state index in [1.807, 2.05) is 12.1 Å². The van der Waals surface area contributed by atoms with Gasteiger partial charge in [-0.2, -0.15) is 0 Å². The van der Waals surface area contributed by atoms with Gasteiger partial charge in [0.2, 0.25) is 5.95 Å². The fraction of sp³-hybridized carbons (Fsp3) is 0.333. The summed E-state index contributed by atoms with van der Waals surface area (Å²) >= 11 is 3.43. The number of rotatable bonds is 3. The summed E-state index contributed by atoms with van der Waals surface area (Å²) < 4.78 is 13.9. The van der Waals surface area contributed by atoms with Crippen molar-refractivity contribution in [3.8, 4) is 0 Å². The van der Waals surface area contributed by atoms with E-state index in [-0.39, 0.29) is 5.82 Å². The Labute approximate surface area is 131 Å². The maximum Gasteiger partial charge on any atom is 0.225 e. The van der Waals surface area contributed by atoms with Crippen LogP contribution in [-0.4, -0.2) is 41.0 Å². The number of halogens is 2. The minimum absolute atomic E-state index is 0.211. The lowest BCUT2D eigenvalue weighted by Gasteiger charge is -2.34. The average Bonchev–Trinajstić information content (AvgIpc) is 2.52. The van der Waals surface area contributed by atoms with E-state index in [9.17, 15) is 4.39 Å². The molecule has 0 N–H and O–H groups in total. The molecule has 0 bridgehead atoms. The van der Waals surface area contributed by atoms with Crippen LogP contribution in [0.4, 0.5) is 10.3 Å². The van der Waals surface area contributed by atoms with Gasteiger partial charge in [0.05, 0.1) is 0 Å². The van der Waals surface area contributed by atoms with E-state index in [0.29, 0.717) is 0 Å². The van der Waals surface area contributed by atoms with Crippen molar-refractivity contribution in [1.82, 2.24) is 14.9 Å². The van der Waals surface area contributed by atoms with Gasteiger partial charge in [0.25, 0.3) is 0 Å². The van der Waals surface area contributed by atoms with E-state index in [0.717, 1.165) is 48.7 Å². The van der Waals surface area contributed by atoms with Gasteiger partial charge in [-0.3, -0.25) is 4.90 Å². The van der Waals surface area contributed by atoms with Gasteiger partial charge in [-0.25, -0.2) is 14.4 Å². The lowest BCUT2D eigenvalue weighted by Crippen LogP contribution is -2.46. The first-order valence-electron chi connectivity index (χ1n) is 6.90. The molecule has 1 aliphatic heterocycles. The highest BCUT2D eigenvalue weighted by Gasteiger charge is 2.19. The molecule has 2 heterocycles. The van der Waals surface area contributed by atoms with Crippen molar-refractivity contribution in [2.24, 2.45) is 0 Å². The number of nitrogens with zero attached hydrogens (tertiary/aromatic N) is 4. The van der Waals surface area contributed by atoms with Crippen LogP contribution in [0.2, 0.25) is 0 Å². The van der Waals surface area contributed by atoms with Crippen LogP contribution in [0.25, 0.3) is 0 Å². The molecule has 1 aromatic carbocycles. The Morgan fingerprint density at radius 1 is 1.10 bits per heavy atom. The Kier molecular flexibility index (Phi) is 4.45. The van der Waals surface area contributed by atoms with Crippen LogP contribution in [0, 0.1) is 5.82 Å². The van der Waals surface area contributed by atoms with Gasteiger partial charge in [-0.15, -0.1) is 0 Å². The SMILES string of the molecule is Fc1ccc(CN2CCN(c3ncccn3)CC2)c(Br)c1. The van der Waals surface area contributed by atoms with Crippen molar-refractivity contribution in [3.05, 3.63) is 52.5 Å². The summed E-state index contributed by atoms with van der Waals surface area (Å²) in [5, 5.41) is 0. The molecule has 4 nitrogen and oxygen atoms in total. The second-order valence-electron chi connectivity index (χ2n) is 5.05. The molecule has 0 saturated carbocycles. The van der Waals surface area contributed by atoms with Crippen molar-refractivity contribution >= 4 is 21.9 Å². The van der Waals surface area contributed by atoms with Gasteiger partial charge in [-0.05, 0) is 23.8 Å². The molecule has 0 aliphatic carbocycles. The van der Waals surface area contributed by atoms with E-state index < -0.39 is 0 Å². The van der Waals surface area contributed by atoms with Crippen molar-refractivity contribution in [2.75, 3.05) is 31.1 Å². The van der Waals surface area contributed by atoms with Gasteiger partial charge < -0.3 is 4.90 Å². The number of hydrogen-bond donors (Lipinski definition) is 0. The molecular weight excluding hydrogens is 335 g/mol. The standard InChI is InChI=1S/C15H16BrFN4/c16-14-10-13(17)3-2-12(14)11-20-6-8-21(9-7-20)15-18-4-1-5-19-15/h1-5,10H,6-9,11H2. The second-order valence-corrected chi connectivity index (χ2v) is 5.90. The molecule has 1 fully saturated rings. The highest BCUT2D eigenvalue weighted by Crippen LogP contribution is 2.20. The van der Waals surface area contributed by atoms with Crippen molar-refractivity contribution < 1.29 is 4.39 Å². The monoisotopic (exact) mass is 350 g/mol. The Hall–Kier alpha value is -1.53. The van der Waals surface area contributed by atoms with E-state index >= 15 is 0 Å². The molecule has 1 saturated heterocycles. The van der Waals surface area contributed by atoms with Crippen molar-refractivity contribution in [1.29, 1.82) is 0 Å². The van der Waals surface area contributed by atoms with Crippen molar-refractivity contribution in [3.63, 3.8) is 0 Å². The molecule has 0 radical (unpaired) electrons. The number of piperazine rings is 1. The Bertz CT molecular complexity index is 600. The fourth-order valence-electron chi connectivity index (χ4n) is 2.45. The summed E-state index contributed by atoms with van der Waals surface area (Å²) in [5.41, 5.74) is 1.11. The molecular formula is C15H16BrFN4. The summed E-state index contributed by atoms with van der Waals surface area (Å²) in [4.78, 5) is 13.1. The van der Waals surface area contributed by atoms with Gasteiger partial charge >= 0.3 is 0 Å². The summed E-state index contributed by atoms with van der Waals surface area (Å²) in [6.07, 6.45) is 3.54. The molecule has 21 heavy (non-hydrogen) atoms. The minimum Gasteiger partial charge on any atom is -0.338 e. The Morgan fingerprint density at radius 3 is 2.48 bits per heavy atom. The zero-order valence-electron chi connectivity index (χ0n) is 11.5. The zero-order chi connectivity index (χ0) is 14.7. The number of hydrogen-bond acceptors (Lipinski definition) is 4. The van der Waals surface area contributed by atoms with Gasteiger partial charge in [-0.1, -0.05) is 22.0 Å². The predicted molar refractivity (Wildman–Crippen MR) is 83.6 cm³/mol. The molecule has 0 unspecified atom stereocenters. The highest BCUT2D eigenvalue weighted by atomic mass is 79.9. The summed E-state index contributed by atoms with van der Waals surface area (Å²) in [6.45, 7) is 4.53. The normalized spacial score (nSPS) is 16.2.